The number of benzene rings is 1. The van der Waals surface area contributed by atoms with Crippen molar-refractivity contribution < 1.29 is 9.15 Å². The molecular weight excluding hydrogens is 214 g/mol. The second kappa shape index (κ2) is 4.90. The van der Waals surface area contributed by atoms with Gasteiger partial charge in [0.2, 0.25) is 0 Å². The maximum Gasteiger partial charge on any atom is 0.134 e. The molecule has 1 atom stereocenters. The quantitative estimate of drug-likeness (QED) is 0.880. The Morgan fingerprint density at radius 1 is 1.29 bits per heavy atom. The van der Waals surface area contributed by atoms with Gasteiger partial charge in [-0.25, -0.2) is 0 Å². The molecule has 0 radical (unpaired) electrons. The zero-order valence-corrected chi connectivity index (χ0v) is 9.82. The van der Waals surface area contributed by atoms with Crippen LogP contribution in [0.2, 0.25) is 0 Å². The Kier molecular flexibility index (Phi) is 3.12. The van der Waals surface area contributed by atoms with Crippen LogP contribution in [0, 0.1) is 0 Å². The maximum atomic E-state index is 5.70. The summed E-state index contributed by atoms with van der Waals surface area (Å²) < 4.78 is 11.2. The smallest absolute Gasteiger partial charge is 0.134 e. The van der Waals surface area contributed by atoms with Gasteiger partial charge in [-0.3, -0.25) is 0 Å². The molecule has 3 nitrogen and oxygen atoms in total. The molecule has 0 bridgehead atoms. The van der Waals surface area contributed by atoms with Crippen LogP contribution in [-0.4, -0.2) is 25.8 Å². The van der Waals surface area contributed by atoms with Crippen molar-refractivity contribution in [3.8, 4) is 0 Å². The first-order chi connectivity index (χ1) is 8.43. The normalized spacial score (nSPS) is 20.8. The van der Waals surface area contributed by atoms with E-state index in [0.717, 1.165) is 38.1 Å². The molecule has 0 saturated carbocycles. The number of fused-ring (bicyclic) bond motifs is 1. The Bertz CT molecular complexity index is 486. The highest BCUT2D eigenvalue weighted by Crippen LogP contribution is 2.22. The molecule has 2 aromatic rings. The van der Waals surface area contributed by atoms with Gasteiger partial charge in [0.1, 0.15) is 5.58 Å². The third kappa shape index (κ3) is 2.35. The minimum atomic E-state index is 0.345. The van der Waals surface area contributed by atoms with Crippen LogP contribution in [-0.2, 0) is 11.2 Å². The van der Waals surface area contributed by atoms with Crippen molar-refractivity contribution in [3.63, 3.8) is 0 Å². The summed E-state index contributed by atoms with van der Waals surface area (Å²) in [6.07, 6.45) is 4.29. The van der Waals surface area contributed by atoms with Crippen LogP contribution in [0.1, 0.15) is 12.0 Å². The lowest BCUT2D eigenvalue weighted by Gasteiger charge is -2.23. The maximum absolute atomic E-state index is 5.70. The zero-order chi connectivity index (χ0) is 11.5. The highest BCUT2D eigenvalue weighted by Gasteiger charge is 2.14. The molecule has 1 N–H and O–H groups in total. The van der Waals surface area contributed by atoms with Gasteiger partial charge in [0.15, 0.2) is 0 Å². The number of furan rings is 1. The molecule has 17 heavy (non-hydrogen) atoms. The van der Waals surface area contributed by atoms with E-state index in [1.807, 2.05) is 18.4 Å². The molecule has 1 aliphatic rings. The third-order valence-corrected chi connectivity index (χ3v) is 3.30. The third-order valence-electron chi connectivity index (χ3n) is 3.30. The molecule has 0 aliphatic carbocycles. The van der Waals surface area contributed by atoms with Gasteiger partial charge >= 0.3 is 0 Å². The average Bonchev–Trinajstić information content (AvgIpc) is 2.81. The van der Waals surface area contributed by atoms with Crippen molar-refractivity contribution in [2.24, 2.45) is 0 Å². The second-order valence-electron chi connectivity index (χ2n) is 4.49. The van der Waals surface area contributed by atoms with Gasteiger partial charge in [-0.15, -0.1) is 0 Å². The van der Waals surface area contributed by atoms with Crippen LogP contribution >= 0.6 is 0 Å². The number of hydrogen-bond acceptors (Lipinski definition) is 3. The fourth-order valence-electron chi connectivity index (χ4n) is 2.35. The summed E-state index contributed by atoms with van der Waals surface area (Å²) in [5.41, 5.74) is 2.26. The number of ether oxygens (including phenoxy) is 1. The number of para-hydroxylation sites is 1. The van der Waals surface area contributed by atoms with Gasteiger partial charge in [-0.2, -0.15) is 0 Å². The molecule has 3 rings (SSSR count). The monoisotopic (exact) mass is 231 g/mol. The predicted molar refractivity (Wildman–Crippen MR) is 67.1 cm³/mol. The van der Waals surface area contributed by atoms with Gasteiger partial charge in [-0.05, 0) is 24.5 Å². The predicted octanol–water partition coefficient (Wildman–Crippen LogP) is 2.35. The lowest BCUT2D eigenvalue weighted by molar-refractivity contribution is 0.0239. The molecule has 1 fully saturated rings. The Morgan fingerprint density at radius 3 is 3.12 bits per heavy atom. The Morgan fingerprint density at radius 2 is 2.24 bits per heavy atom. The number of morpholine rings is 1. The largest absolute Gasteiger partial charge is 0.464 e. The van der Waals surface area contributed by atoms with Crippen LogP contribution in [0.3, 0.4) is 0 Å². The van der Waals surface area contributed by atoms with Crippen LogP contribution in [0.25, 0.3) is 11.0 Å². The van der Waals surface area contributed by atoms with E-state index in [4.69, 9.17) is 9.15 Å². The van der Waals surface area contributed by atoms with E-state index in [9.17, 15) is 0 Å². The van der Waals surface area contributed by atoms with Crippen LogP contribution in [0.5, 0.6) is 0 Å². The summed E-state index contributed by atoms with van der Waals surface area (Å²) in [7, 11) is 0. The van der Waals surface area contributed by atoms with Crippen molar-refractivity contribution >= 4 is 11.0 Å². The van der Waals surface area contributed by atoms with E-state index in [1.54, 1.807) is 0 Å². The molecular formula is C14H17NO2. The van der Waals surface area contributed by atoms with E-state index < -0.39 is 0 Å². The van der Waals surface area contributed by atoms with Crippen LogP contribution in [0.15, 0.2) is 34.9 Å². The first-order valence-corrected chi connectivity index (χ1v) is 6.21. The number of aryl methyl sites for hydroxylation is 1. The van der Waals surface area contributed by atoms with E-state index in [2.05, 4.69) is 17.4 Å². The summed E-state index contributed by atoms with van der Waals surface area (Å²) in [6.45, 7) is 2.78. The van der Waals surface area contributed by atoms with Crippen molar-refractivity contribution in [2.75, 3.05) is 19.7 Å². The molecule has 1 aromatic heterocycles. The van der Waals surface area contributed by atoms with Crippen molar-refractivity contribution in [1.29, 1.82) is 0 Å². The fraction of sp³-hybridized carbons (Fsp3) is 0.429. The van der Waals surface area contributed by atoms with Gasteiger partial charge < -0.3 is 14.5 Å². The van der Waals surface area contributed by atoms with E-state index >= 15 is 0 Å². The van der Waals surface area contributed by atoms with Gasteiger partial charge in [0.05, 0.1) is 19.0 Å². The average molecular weight is 231 g/mol. The van der Waals surface area contributed by atoms with Gasteiger partial charge in [0, 0.05) is 18.5 Å². The van der Waals surface area contributed by atoms with Crippen molar-refractivity contribution in [1.82, 2.24) is 5.32 Å². The number of hydrogen-bond donors (Lipinski definition) is 1. The number of nitrogens with one attached hydrogen (secondary N) is 1. The minimum absolute atomic E-state index is 0.345. The first-order valence-electron chi connectivity index (χ1n) is 6.21. The zero-order valence-electron chi connectivity index (χ0n) is 9.82. The fourth-order valence-corrected chi connectivity index (χ4v) is 2.35. The topological polar surface area (TPSA) is 34.4 Å². The molecule has 1 aromatic carbocycles. The minimum Gasteiger partial charge on any atom is -0.464 e. The molecule has 2 heterocycles. The lowest BCUT2D eigenvalue weighted by Crippen LogP contribution is -2.38. The molecule has 1 aliphatic heterocycles. The lowest BCUT2D eigenvalue weighted by atomic mass is 10.1. The molecule has 0 spiro atoms. The Balaban J connectivity index is 1.68. The molecule has 90 valence electrons. The molecule has 1 saturated heterocycles. The SMILES string of the molecule is c1ccc2c(CCC3CNCCO3)coc2c1. The van der Waals surface area contributed by atoms with Crippen LogP contribution in [0.4, 0.5) is 0 Å². The summed E-state index contributed by atoms with van der Waals surface area (Å²) in [6, 6.07) is 8.19. The van der Waals surface area contributed by atoms with Crippen LogP contribution < -0.4 is 5.32 Å². The van der Waals surface area contributed by atoms with Crippen molar-refractivity contribution in [2.45, 2.75) is 18.9 Å². The number of rotatable bonds is 3. The molecule has 1 unspecified atom stereocenters. The summed E-state index contributed by atoms with van der Waals surface area (Å²) in [4.78, 5) is 0. The highest BCUT2D eigenvalue weighted by molar-refractivity contribution is 5.80. The van der Waals surface area contributed by atoms with Crippen molar-refractivity contribution in [3.05, 3.63) is 36.1 Å². The Hall–Kier alpha value is -1.32. The second-order valence-corrected chi connectivity index (χ2v) is 4.49. The molecule has 3 heteroatoms. The van der Waals surface area contributed by atoms with Gasteiger partial charge in [-0.1, -0.05) is 18.2 Å². The summed E-state index contributed by atoms with van der Waals surface area (Å²) in [5, 5.41) is 4.59. The van der Waals surface area contributed by atoms with E-state index in [0.29, 0.717) is 6.10 Å². The standard InChI is InChI=1S/C14H17NO2/c1-2-4-14-13(3-1)11(10-17-14)5-6-12-9-15-7-8-16-12/h1-4,10,12,15H,5-9H2. The first kappa shape index (κ1) is 10.8. The highest BCUT2D eigenvalue weighted by atomic mass is 16.5. The Labute approximate surface area is 101 Å². The van der Waals surface area contributed by atoms with Gasteiger partial charge in [0.25, 0.3) is 0 Å². The summed E-state index contributed by atoms with van der Waals surface area (Å²) >= 11 is 0. The van der Waals surface area contributed by atoms with E-state index in [1.165, 1.54) is 10.9 Å². The van der Waals surface area contributed by atoms with E-state index in [-0.39, 0.29) is 0 Å². The molecule has 0 amide bonds. The summed E-state index contributed by atoms with van der Waals surface area (Å²) in [5.74, 6) is 0.